The summed E-state index contributed by atoms with van der Waals surface area (Å²) >= 11 is 0. The standard InChI is InChI=1S/C9H14O3/c1-8-3-2-4-9(5-8,6-12-8)7(10)11/h2-6H2,1H3,(H,10,11). The first-order valence-electron chi connectivity index (χ1n) is 4.44. The molecular formula is C9H14O3. The summed E-state index contributed by atoms with van der Waals surface area (Å²) in [5, 5.41) is 9.05. The van der Waals surface area contributed by atoms with Gasteiger partial charge < -0.3 is 9.84 Å². The van der Waals surface area contributed by atoms with Crippen LogP contribution in [0.4, 0.5) is 0 Å². The molecule has 12 heavy (non-hydrogen) atoms. The Morgan fingerprint density at radius 2 is 2.25 bits per heavy atom. The van der Waals surface area contributed by atoms with Crippen LogP contribution < -0.4 is 0 Å². The molecule has 0 aromatic carbocycles. The fourth-order valence-corrected chi connectivity index (χ4v) is 2.50. The summed E-state index contributed by atoms with van der Waals surface area (Å²) in [7, 11) is 0. The first kappa shape index (κ1) is 8.05. The summed E-state index contributed by atoms with van der Waals surface area (Å²) in [5.74, 6) is -0.675. The maximum atomic E-state index is 11.0. The molecule has 3 heteroatoms. The number of fused-ring (bicyclic) bond motifs is 2. The van der Waals surface area contributed by atoms with Crippen molar-refractivity contribution < 1.29 is 14.6 Å². The second-order valence-electron chi connectivity index (χ2n) is 4.35. The molecule has 1 saturated heterocycles. The van der Waals surface area contributed by atoms with E-state index in [9.17, 15) is 4.79 Å². The molecule has 1 saturated carbocycles. The Morgan fingerprint density at radius 3 is 2.83 bits per heavy atom. The highest BCUT2D eigenvalue weighted by atomic mass is 16.5. The molecule has 2 fully saturated rings. The average Bonchev–Trinajstić information content (AvgIpc) is 2.24. The fraction of sp³-hybridized carbons (Fsp3) is 0.889. The van der Waals surface area contributed by atoms with Crippen LogP contribution in [0, 0.1) is 5.41 Å². The minimum atomic E-state index is -0.675. The van der Waals surface area contributed by atoms with E-state index in [1.165, 1.54) is 0 Å². The SMILES string of the molecule is CC12CCCC(C(=O)O)(CO1)C2. The van der Waals surface area contributed by atoms with Crippen LogP contribution in [0.3, 0.4) is 0 Å². The lowest BCUT2D eigenvalue weighted by atomic mass is 9.71. The van der Waals surface area contributed by atoms with E-state index in [2.05, 4.69) is 0 Å². The summed E-state index contributed by atoms with van der Waals surface area (Å²) in [6.07, 6.45) is 3.50. The van der Waals surface area contributed by atoms with E-state index in [0.29, 0.717) is 13.0 Å². The van der Waals surface area contributed by atoms with Crippen LogP contribution in [0.1, 0.15) is 32.6 Å². The van der Waals surface area contributed by atoms with Gasteiger partial charge in [0.25, 0.3) is 0 Å². The minimum Gasteiger partial charge on any atom is -0.481 e. The lowest BCUT2D eigenvalue weighted by Gasteiger charge is -2.31. The molecule has 1 aliphatic heterocycles. The molecule has 2 aliphatic rings. The lowest BCUT2D eigenvalue weighted by molar-refractivity contribution is -0.149. The summed E-state index contributed by atoms with van der Waals surface area (Å²) in [4.78, 5) is 11.0. The third-order valence-electron chi connectivity index (χ3n) is 3.22. The summed E-state index contributed by atoms with van der Waals surface area (Å²) in [6, 6.07) is 0. The van der Waals surface area contributed by atoms with E-state index in [4.69, 9.17) is 9.84 Å². The van der Waals surface area contributed by atoms with E-state index in [0.717, 1.165) is 19.3 Å². The number of carbonyl (C=O) groups is 1. The van der Waals surface area contributed by atoms with Crippen LogP contribution in [-0.2, 0) is 9.53 Å². The quantitative estimate of drug-likeness (QED) is 0.647. The molecule has 0 aromatic heterocycles. The molecule has 2 atom stereocenters. The predicted molar refractivity (Wildman–Crippen MR) is 42.9 cm³/mol. The van der Waals surface area contributed by atoms with Gasteiger partial charge in [0.05, 0.1) is 17.6 Å². The third kappa shape index (κ3) is 0.959. The number of carboxylic acids is 1. The minimum absolute atomic E-state index is 0.142. The van der Waals surface area contributed by atoms with Crippen molar-refractivity contribution in [3.05, 3.63) is 0 Å². The summed E-state index contributed by atoms with van der Waals surface area (Å²) in [5.41, 5.74) is -0.691. The van der Waals surface area contributed by atoms with Crippen LogP contribution in [0.2, 0.25) is 0 Å². The Bertz CT molecular complexity index is 226. The van der Waals surface area contributed by atoms with Gasteiger partial charge in [0, 0.05) is 0 Å². The Labute approximate surface area is 71.7 Å². The molecule has 3 nitrogen and oxygen atoms in total. The Balaban J connectivity index is 2.25. The molecule has 2 bridgehead atoms. The van der Waals surface area contributed by atoms with Gasteiger partial charge in [-0.25, -0.2) is 0 Å². The molecule has 2 unspecified atom stereocenters. The van der Waals surface area contributed by atoms with Crippen LogP contribution in [-0.4, -0.2) is 23.3 Å². The van der Waals surface area contributed by atoms with Crippen LogP contribution in [0.25, 0.3) is 0 Å². The van der Waals surface area contributed by atoms with Gasteiger partial charge in [-0.2, -0.15) is 0 Å². The molecule has 0 radical (unpaired) electrons. The number of hydrogen-bond acceptors (Lipinski definition) is 2. The molecule has 1 N–H and O–H groups in total. The van der Waals surface area contributed by atoms with E-state index in [-0.39, 0.29) is 5.60 Å². The van der Waals surface area contributed by atoms with Crippen LogP contribution >= 0.6 is 0 Å². The molecule has 68 valence electrons. The number of aliphatic carboxylic acids is 1. The number of ether oxygens (including phenoxy) is 1. The Kier molecular flexibility index (Phi) is 1.49. The Morgan fingerprint density at radius 1 is 1.50 bits per heavy atom. The highest BCUT2D eigenvalue weighted by Crippen LogP contribution is 2.49. The van der Waals surface area contributed by atoms with Crippen molar-refractivity contribution in [3.63, 3.8) is 0 Å². The molecule has 1 aliphatic carbocycles. The molecule has 0 aromatic rings. The molecule has 1 heterocycles. The predicted octanol–water partition coefficient (Wildman–Crippen LogP) is 1.42. The van der Waals surface area contributed by atoms with Crippen molar-refractivity contribution in [2.24, 2.45) is 5.41 Å². The van der Waals surface area contributed by atoms with E-state index >= 15 is 0 Å². The van der Waals surface area contributed by atoms with Gasteiger partial charge in [0.15, 0.2) is 0 Å². The summed E-state index contributed by atoms with van der Waals surface area (Å²) < 4.78 is 5.55. The Hall–Kier alpha value is -0.570. The van der Waals surface area contributed by atoms with Crippen molar-refractivity contribution in [2.45, 2.75) is 38.2 Å². The van der Waals surface area contributed by atoms with E-state index in [1.807, 2.05) is 6.92 Å². The van der Waals surface area contributed by atoms with Gasteiger partial charge in [0.1, 0.15) is 0 Å². The molecule has 2 rings (SSSR count). The van der Waals surface area contributed by atoms with Gasteiger partial charge >= 0.3 is 5.97 Å². The van der Waals surface area contributed by atoms with Crippen molar-refractivity contribution in [3.8, 4) is 0 Å². The van der Waals surface area contributed by atoms with E-state index < -0.39 is 11.4 Å². The maximum Gasteiger partial charge on any atom is 0.312 e. The van der Waals surface area contributed by atoms with Crippen molar-refractivity contribution >= 4 is 5.97 Å². The number of hydrogen-bond donors (Lipinski definition) is 1. The van der Waals surface area contributed by atoms with Gasteiger partial charge in [0.2, 0.25) is 0 Å². The maximum absolute atomic E-state index is 11.0. The second-order valence-corrected chi connectivity index (χ2v) is 4.35. The number of rotatable bonds is 1. The van der Waals surface area contributed by atoms with Crippen molar-refractivity contribution in [1.82, 2.24) is 0 Å². The topological polar surface area (TPSA) is 46.5 Å². The first-order valence-corrected chi connectivity index (χ1v) is 4.44. The second kappa shape index (κ2) is 2.22. The first-order chi connectivity index (χ1) is 5.56. The zero-order valence-electron chi connectivity index (χ0n) is 7.30. The van der Waals surface area contributed by atoms with E-state index in [1.54, 1.807) is 0 Å². The molecular weight excluding hydrogens is 156 g/mol. The zero-order valence-corrected chi connectivity index (χ0v) is 7.30. The number of carboxylic acid groups (broad SMARTS) is 1. The zero-order chi connectivity index (χ0) is 8.82. The monoisotopic (exact) mass is 170 g/mol. The van der Waals surface area contributed by atoms with Crippen molar-refractivity contribution in [2.75, 3.05) is 6.61 Å². The summed E-state index contributed by atoms with van der Waals surface area (Å²) in [6.45, 7) is 2.44. The van der Waals surface area contributed by atoms with Gasteiger partial charge in [-0.05, 0) is 32.6 Å². The van der Waals surface area contributed by atoms with Gasteiger partial charge in [-0.1, -0.05) is 0 Å². The normalized spacial score (nSPS) is 46.1. The smallest absolute Gasteiger partial charge is 0.312 e. The van der Waals surface area contributed by atoms with Crippen LogP contribution in [0.15, 0.2) is 0 Å². The van der Waals surface area contributed by atoms with Crippen molar-refractivity contribution in [1.29, 1.82) is 0 Å². The van der Waals surface area contributed by atoms with Crippen LogP contribution in [0.5, 0.6) is 0 Å². The third-order valence-corrected chi connectivity index (χ3v) is 3.22. The fourth-order valence-electron chi connectivity index (χ4n) is 2.50. The highest BCUT2D eigenvalue weighted by molar-refractivity contribution is 5.75. The van der Waals surface area contributed by atoms with Gasteiger partial charge in [-0.15, -0.1) is 0 Å². The molecule has 0 spiro atoms. The highest BCUT2D eigenvalue weighted by Gasteiger charge is 2.54. The lowest BCUT2D eigenvalue weighted by Crippen LogP contribution is -2.36. The average molecular weight is 170 g/mol. The molecule has 0 amide bonds. The van der Waals surface area contributed by atoms with Gasteiger partial charge in [-0.3, -0.25) is 4.79 Å². The largest absolute Gasteiger partial charge is 0.481 e.